The lowest BCUT2D eigenvalue weighted by atomic mass is 9.85. The van der Waals surface area contributed by atoms with Gasteiger partial charge in [0.2, 0.25) is 0 Å². The normalized spacial score (nSPS) is 14.2. The van der Waals surface area contributed by atoms with E-state index in [-0.39, 0.29) is 65.6 Å². The molecule has 12 heteroatoms. The zero-order valence-electron chi connectivity index (χ0n) is 19.8. The van der Waals surface area contributed by atoms with Gasteiger partial charge >= 0.3 is 11.9 Å². The molecule has 4 amide bonds. The molecule has 2 heterocycles. The zero-order chi connectivity index (χ0) is 28.6. The number of anilines is 2. The molecule has 196 valence electrons. The molecule has 0 saturated carbocycles. The molecule has 0 saturated heterocycles. The van der Waals surface area contributed by atoms with Crippen molar-refractivity contribution in [3.63, 3.8) is 0 Å². The largest absolute Gasteiger partial charge is 0.478 e. The number of benzene rings is 4. The smallest absolute Gasteiger partial charge is 0.335 e. The van der Waals surface area contributed by atoms with E-state index in [1.807, 2.05) is 0 Å². The molecular formula is C28H12Cl2N2O8. The fourth-order valence-electron chi connectivity index (χ4n) is 4.95. The lowest BCUT2D eigenvalue weighted by molar-refractivity contribution is 0.0686. The molecule has 0 atom stereocenters. The van der Waals surface area contributed by atoms with Gasteiger partial charge in [-0.15, -0.1) is 0 Å². The molecule has 40 heavy (non-hydrogen) atoms. The molecule has 0 aromatic heterocycles. The molecular weight excluding hydrogens is 563 g/mol. The molecule has 0 aliphatic carbocycles. The molecule has 4 aromatic carbocycles. The molecule has 10 nitrogen and oxygen atoms in total. The van der Waals surface area contributed by atoms with Gasteiger partial charge in [-0.25, -0.2) is 19.4 Å². The molecule has 0 fully saturated rings. The topological polar surface area (TPSA) is 149 Å². The van der Waals surface area contributed by atoms with Gasteiger partial charge in [-0.1, -0.05) is 23.2 Å². The number of carbonyl (C=O) groups is 6. The van der Waals surface area contributed by atoms with E-state index in [2.05, 4.69) is 0 Å². The minimum Gasteiger partial charge on any atom is -0.478 e. The number of hydrogen-bond acceptors (Lipinski definition) is 6. The van der Waals surface area contributed by atoms with Crippen molar-refractivity contribution in [1.29, 1.82) is 0 Å². The van der Waals surface area contributed by atoms with Gasteiger partial charge in [0.15, 0.2) is 0 Å². The second-order valence-electron chi connectivity index (χ2n) is 8.91. The lowest BCUT2D eigenvalue weighted by Gasteiger charge is -2.32. The first-order chi connectivity index (χ1) is 19.0. The predicted octanol–water partition coefficient (Wildman–Crippen LogP) is 5.14. The Morgan fingerprint density at radius 1 is 0.525 bits per heavy atom. The Bertz CT molecular complexity index is 1720. The van der Waals surface area contributed by atoms with Gasteiger partial charge in [0.05, 0.1) is 32.5 Å². The number of rotatable bonds is 4. The average molecular weight is 575 g/mol. The van der Waals surface area contributed by atoms with Crippen molar-refractivity contribution in [3.8, 4) is 0 Å². The summed E-state index contributed by atoms with van der Waals surface area (Å²) in [7, 11) is 0. The summed E-state index contributed by atoms with van der Waals surface area (Å²) in [5, 5.41) is 18.8. The van der Waals surface area contributed by atoms with E-state index in [0.29, 0.717) is 0 Å². The second-order valence-corrected chi connectivity index (χ2v) is 9.72. The summed E-state index contributed by atoms with van der Waals surface area (Å²) in [4.78, 5) is 79.0. The molecule has 2 aliphatic heterocycles. The van der Waals surface area contributed by atoms with Crippen LogP contribution in [0.25, 0.3) is 10.8 Å². The van der Waals surface area contributed by atoms with Crippen LogP contribution in [0.4, 0.5) is 11.4 Å². The van der Waals surface area contributed by atoms with E-state index < -0.39 is 35.6 Å². The van der Waals surface area contributed by atoms with Crippen LogP contribution in [0.3, 0.4) is 0 Å². The first-order valence-electron chi connectivity index (χ1n) is 11.4. The van der Waals surface area contributed by atoms with Gasteiger partial charge in [-0.05, 0) is 60.7 Å². The maximum Gasteiger partial charge on any atom is 0.335 e. The van der Waals surface area contributed by atoms with Crippen molar-refractivity contribution >= 4 is 80.9 Å². The molecule has 2 N–H and O–H groups in total. The highest BCUT2D eigenvalue weighted by Crippen LogP contribution is 2.42. The van der Waals surface area contributed by atoms with E-state index >= 15 is 0 Å². The third kappa shape index (κ3) is 3.43. The molecule has 0 radical (unpaired) electrons. The number of carbonyl (C=O) groups excluding carboxylic acids is 4. The van der Waals surface area contributed by atoms with Gasteiger partial charge < -0.3 is 10.2 Å². The Balaban J connectivity index is 1.54. The highest BCUT2D eigenvalue weighted by molar-refractivity contribution is 6.45. The first-order valence-corrected chi connectivity index (χ1v) is 12.2. The molecule has 6 rings (SSSR count). The number of carboxylic acids is 2. The van der Waals surface area contributed by atoms with Gasteiger partial charge in [0, 0.05) is 33.0 Å². The third-order valence-electron chi connectivity index (χ3n) is 6.76. The Morgan fingerprint density at radius 3 is 1.10 bits per heavy atom. The summed E-state index contributed by atoms with van der Waals surface area (Å²) >= 11 is 12.5. The number of amides is 4. The minimum absolute atomic E-state index is 0.00745. The van der Waals surface area contributed by atoms with Gasteiger partial charge in [-0.2, -0.15) is 0 Å². The maximum absolute atomic E-state index is 13.6. The van der Waals surface area contributed by atoms with E-state index in [1.165, 1.54) is 48.5 Å². The number of imide groups is 2. The van der Waals surface area contributed by atoms with Crippen LogP contribution >= 0.6 is 23.2 Å². The summed E-state index contributed by atoms with van der Waals surface area (Å²) in [6, 6.07) is 12.5. The van der Waals surface area contributed by atoms with Crippen LogP contribution in [-0.4, -0.2) is 45.8 Å². The summed E-state index contributed by atoms with van der Waals surface area (Å²) < 4.78 is 0. The van der Waals surface area contributed by atoms with Crippen LogP contribution in [0.2, 0.25) is 10.0 Å². The average Bonchev–Trinajstić information content (AvgIpc) is 2.92. The van der Waals surface area contributed by atoms with Crippen molar-refractivity contribution in [2.75, 3.05) is 9.80 Å². The molecule has 0 bridgehead atoms. The molecule has 0 unspecified atom stereocenters. The number of carboxylic acid groups (broad SMARTS) is 2. The summed E-state index contributed by atoms with van der Waals surface area (Å²) in [6.45, 7) is 0. The van der Waals surface area contributed by atoms with Gasteiger partial charge in [0.1, 0.15) is 0 Å². The van der Waals surface area contributed by atoms with E-state index in [9.17, 15) is 39.0 Å². The van der Waals surface area contributed by atoms with Crippen LogP contribution in [0.1, 0.15) is 62.1 Å². The second kappa shape index (κ2) is 8.73. The van der Waals surface area contributed by atoms with Crippen LogP contribution < -0.4 is 9.80 Å². The maximum atomic E-state index is 13.6. The Labute approximate surface area is 233 Å². The Kier molecular flexibility index (Phi) is 5.51. The number of halogens is 2. The van der Waals surface area contributed by atoms with Crippen LogP contribution in [-0.2, 0) is 0 Å². The van der Waals surface area contributed by atoms with Crippen LogP contribution in [0, 0.1) is 0 Å². The Hall–Kier alpha value is -5.06. The van der Waals surface area contributed by atoms with Crippen molar-refractivity contribution in [2.24, 2.45) is 0 Å². The minimum atomic E-state index is -1.29. The monoisotopic (exact) mass is 574 g/mol. The molecule has 4 aromatic rings. The SMILES string of the molecule is O=C(O)c1ccc(Cl)c(N2C(=O)c3ccc4c5c(ccc(c35)C2=O)C(=O)N(c2cc(C(=O)O)ccc2Cl)C4=O)c1. The first kappa shape index (κ1) is 25.2. The highest BCUT2D eigenvalue weighted by atomic mass is 35.5. The number of hydrogen-bond donors (Lipinski definition) is 2. The van der Waals surface area contributed by atoms with Crippen molar-refractivity contribution in [2.45, 2.75) is 0 Å². The molecule has 0 spiro atoms. The van der Waals surface area contributed by atoms with Crippen molar-refractivity contribution in [3.05, 3.63) is 104 Å². The highest BCUT2D eigenvalue weighted by Gasteiger charge is 2.41. The van der Waals surface area contributed by atoms with E-state index in [4.69, 9.17) is 23.2 Å². The van der Waals surface area contributed by atoms with E-state index in [1.54, 1.807) is 0 Å². The zero-order valence-corrected chi connectivity index (χ0v) is 21.3. The van der Waals surface area contributed by atoms with Crippen LogP contribution in [0.15, 0.2) is 60.7 Å². The van der Waals surface area contributed by atoms with Gasteiger partial charge in [-0.3, -0.25) is 19.2 Å². The molecule has 2 aliphatic rings. The lowest BCUT2D eigenvalue weighted by Crippen LogP contribution is -2.43. The van der Waals surface area contributed by atoms with Crippen LogP contribution in [0.5, 0.6) is 0 Å². The summed E-state index contributed by atoms with van der Waals surface area (Å²) in [5.74, 6) is -5.89. The standard InChI is InChI=1S/C28H12Cl2N2O8/c29-17-7-1-11(27(37)38)9-19(17)31-23(33)13-3-5-15-22-16(6-4-14(21(13)22)24(31)34)26(36)32(25(15)35)20-10-12(28(39)40)2-8-18(20)30/h1-10H,(H,37,38)(H,39,40). The fourth-order valence-corrected chi connectivity index (χ4v) is 5.35. The van der Waals surface area contributed by atoms with Gasteiger partial charge in [0.25, 0.3) is 23.6 Å². The fraction of sp³-hybridized carbons (Fsp3) is 0. The predicted molar refractivity (Wildman–Crippen MR) is 143 cm³/mol. The quantitative estimate of drug-likeness (QED) is 0.318. The number of aromatic carboxylic acids is 2. The van der Waals surface area contributed by atoms with Crippen molar-refractivity contribution in [1.82, 2.24) is 0 Å². The third-order valence-corrected chi connectivity index (χ3v) is 7.40. The summed E-state index contributed by atoms with van der Waals surface area (Å²) in [5.41, 5.74) is -0.697. The summed E-state index contributed by atoms with van der Waals surface area (Å²) in [6.07, 6.45) is 0. The van der Waals surface area contributed by atoms with Crippen molar-refractivity contribution < 1.29 is 39.0 Å². The Morgan fingerprint density at radius 2 is 0.825 bits per heavy atom. The number of nitrogens with zero attached hydrogens (tertiary/aromatic N) is 2. The van der Waals surface area contributed by atoms with E-state index in [0.717, 1.165) is 21.9 Å².